The summed E-state index contributed by atoms with van der Waals surface area (Å²) in [6.45, 7) is 7.63. The fourth-order valence-electron chi connectivity index (χ4n) is 4.65. The van der Waals surface area contributed by atoms with Gasteiger partial charge in [0.25, 0.3) is 0 Å². The summed E-state index contributed by atoms with van der Waals surface area (Å²) in [4.78, 5) is 16.6. The second-order valence-corrected chi connectivity index (χ2v) is 9.20. The van der Waals surface area contributed by atoms with E-state index in [-0.39, 0.29) is 49.2 Å². The number of nitrogens with one attached hydrogen (secondary N) is 1. The summed E-state index contributed by atoms with van der Waals surface area (Å²) in [5, 5.41) is 11.8. The zero-order valence-corrected chi connectivity index (χ0v) is 20.5. The SMILES string of the molecule is Cc1c(-c2ccc(F)cc2)nnc(N2CCN(C(=O)NC3CCC(F)(F)CC3)C[C@H]2C)c1C.Cl. The van der Waals surface area contributed by atoms with E-state index in [0.717, 1.165) is 28.2 Å². The summed E-state index contributed by atoms with van der Waals surface area (Å²) in [6.07, 6.45) is 0.270. The first-order chi connectivity index (χ1) is 15.6. The van der Waals surface area contributed by atoms with Crippen LogP contribution in [-0.2, 0) is 0 Å². The zero-order valence-electron chi connectivity index (χ0n) is 19.7. The van der Waals surface area contributed by atoms with Gasteiger partial charge in [-0.25, -0.2) is 18.0 Å². The molecule has 10 heteroatoms. The minimum absolute atomic E-state index is 0. The van der Waals surface area contributed by atoms with Crippen molar-refractivity contribution in [3.05, 3.63) is 41.2 Å². The molecule has 34 heavy (non-hydrogen) atoms. The van der Waals surface area contributed by atoms with Crippen LogP contribution < -0.4 is 10.2 Å². The van der Waals surface area contributed by atoms with Gasteiger partial charge in [-0.15, -0.1) is 22.6 Å². The third-order valence-electron chi connectivity index (χ3n) is 6.85. The van der Waals surface area contributed by atoms with Crippen LogP contribution in [0.25, 0.3) is 11.3 Å². The highest BCUT2D eigenvalue weighted by Gasteiger charge is 2.36. The number of hydrogen-bond acceptors (Lipinski definition) is 4. The number of rotatable bonds is 3. The van der Waals surface area contributed by atoms with Crippen molar-refractivity contribution in [2.45, 2.75) is 64.5 Å². The van der Waals surface area contributed by atoms with Crippen LogP contribution in [0, 0.1) is 19.7 Å². The lowest BCUT2D eigenvalue weighted by atomic mass is 9.92. The number of piperazine rings is 1. The standard InChI is InChI=1S/C24H30F3N5O.ClH/c1-15-14-31(23(33)28-20-8-10-24(26,27)11-9-20)12-13-32(15)22-17(3)16(2)21(29-30-22)18-4-6-19(25)7-5-18;/h4-7,15,20H,8-14H2,1-3H3,(H,28,33);1H/t15-;/m1./s1. The first-order valence-corrected chi connectivity index (χ1v) is 11.4. The monoisotopic (exact) mass is 497 g/mol. The molecular weight excluding hydrogens is 467 g/mol. The number of urea groups is 1. The fraction of sp³-hybridized carbons (Fsp3) is 0.542. The van der Waals surface area contributed by atoms with Gasteiger partial charge in [-0.05, 0) is 69.0 Å². The predicted octanol–water partition coefficient (Wildman–Crippen LogP) is 5.12. The molecule has 1 aromatic heterocycles. The molecule has 2 fully saturated rings. The van der Waals surface area contributed by atoms with E-state index in [1.807, 2.05) is 20.8 Å². The highest BCUT2D eigenvalue weighted by molar-refractivity contribution is 5.85. The molecule has 1 aromatic carbocycles. The molecular formula is C24H31ClF3N5O. The molecule has 186 valence electrons. The second kappa shape index (κ2) is 10.4. The number of halogens is 4. The van der Waals surface area contributed by atoms with Crippen molar-refractivity contribution in [2.24, 2.45) is 0 Å². The van der Waals surface area contributed by atoms with E-state index in [1.54, 1.807) is 17.0 Å². The maximum atomic E-state index is 13.4. The number of carbonyl (C=O) groups excluding carboxylic acids is 1. The molecule has 4 rings (SSSR count). The van der Waals surface area contributed by atoms with Crippen molar-refractivity contribution in [1.29, 1.82) is 0 Å². The Balaban J connectivity index is 0.00000324. The highest BCUT2D eigenvalue weighted by Crippen LogP contribution is 2.33. The Morgan fingerprint density at radius 3 is 2.32 bits per heavy atom. The minimum atomic E-state index is -2.61. The van der Waals surface area contributed by atoms with Crippen molar-refractivity contribution >= 4 is 24.3 Å². The largest absolute Gasteiger partial charge is 0.349 e. The summed E-state index contributed by atoms with van der Waals surface area (Å²) in [5.74, 6) is -2.12. The molecule has 2 heterocycles. The number of alkyl halides is 2. The number of hydrogen-bond donors (Lipinski definition) is 1. The average Bonchev–Trinajstić information content (AvgIpc) is 2.78. The number of nitrogens with zero attached hydrogens (tertiary/aromatic N) is 4. The Hall–Kier alpha value is -2.55. The Labute approximate surface area is 204 Å². The van der Waals surface area contributed by atoms with Crippen LogP contribution in [0.3, 0.4) is 0 Å². The van der Waals surface area contributed by atoms with Gasteiger partial charge in [0.2, 0.25) is 5.92 Å². The summed E-state index contributed by atoms with van der Waals surface area (Å²) >= 11 is 0. The van der Waals surface area contributed by atoms with Crippen molar-refractivity contribution in [3.8, 4) is 11.3 Å². The molecule has 1 saturated heterocycles. The molecule has 1 saturated carbocycles. The van der Waals surface area contributed by atoms with E-state index >= 15 is 0 Å². The molecule has 0 spiro atoms. The highest BCUT2D eigenvalue weighted by atomic mass is 35.5. The molecule has 6 nitrogen and oxygen atoms in total. The number of anilines is 1. The molecule has 1 atom stereocenters. The number of aromatic nitrogens is 2. The Morgan fingerprint density at radius 2 is 1.71 bits per heavy atom. The van der Waals surface area contributed by atoms with Crippen LogP contribution in [0.4, 0.5) is 23.8 Å². The lowest BCUT2D eigenvalue weighted by molar-refractivity contribution is -0.0398. The number of benzene rings is 1. The van der Waals surface area contributed by atoms with Crippen LogP contribution in [0.15, 0.2) is 24.3 Å². The quantitative estimate of drug-likeness (QED) is 0.639. The van der Waals surface area contributed by atoms with Crippen molar-refractivity contribution < 1.29 is 18.0 Å². The second-order valence-electron chi connectivity index (χ2n) is 9.20. The smallest absolute Gasteiger partial charge is 0.317 e. The van der Waals surface area contributed by atoms with Gasteiger partial charge in [-0.1, -0.05) is 0 Å². The van der Waals surface area contributed by atoms with Crippen LogP contribution >= 0.6 is 12.4 Å². The Kier molecular flexibility index (Phi) is 7.95. The van der Waals surface area contributed by atoms with E-state index in [1.165, 1.54) is 12.1 Å². The molecule has 0 bridgehead atoms. The lowest BCUT2D eigenvalue weighted by Gasteiger charge is -2.41. The van der Waals surface area contributed by atoms with Crippen LogP contribution in [-0.4, -0.2) is 58.8 Å². The zero-order chi connectivity index (χ0) is 23.8. The van der Waals surface area contributed by atoms with E-state index in [0.29, 0.717) is 32.5 Å². The van der Waals surface area contributed by atoms with Crippen molar-refractivity contribution in [2.75, 3.05) is 24.5 Å². The average molecular weight is 498 g/mol. The maximum Gasteiger partial charge on any atom is 0.317 e. The minimum Gasteiger partial charge on any atom is -0.349 e. The molecule has 1 aliphatic carbocycles. The molecule has 0 unspecified atom stereocenters. The number of carbonyl (C=O) groups is 1. The predicted molar refractivity (Wildman–Crippen MR) is 128 cm³/mol. The molecule has 2 aromatic rings. The van der Waals surface area contributed by atoms with Gasteiger partial charge in [0.15, 0.2) is 5.82 Å². The van der Waals surface area contributed by atoms with E-state index in [4.69, 9.17) is 0 Å². The first kappa shape index (κ1) is 26.1. The summed E-state index contributed by atoms with van der Waals surface area (Å²) < 4.78 is 40.0. The lowest BCUT2D eigenvalue weighted by Crippen LogP contribution is -2.57. The van der Waals surface area contributed by atoms with Crippen molar-refractivity contribution in [3.63, 3.8) is 0 Å². The molecule has 0 radical (unpaired) electrons. The first-order valence-electron chi connectivity index (χ1n) is 11.4. The topological polar surface area (TPSA) is 61.4 Å². The third kappa shape index (κ3) is 5.56. The van der Waals surface area contributed by atoms with Gasteiger partial charge in [0.05, 0.1) is 5.69 Å². The van der Waals surface area contributed by atoms with Crippen LogP contribution in [0.2, 0.25) is 0 Å². The molecule has 2 amide bonds. The third-order valence-corrected chi connectivity index (χ3v) is 6.85. The normalized spacial score (nSPS) is 20.6. The maximum absolute atomic E-state index is 13.4. The van der Waals surface area contributed by atoms with Gasteiger partial charge in [-0.3, -0.25) is 0 Å². The fourth-order valence-corrected chi connectivity index (χ4v) is 4.65. The summed E-state index contributed by atoms with van der Waals surface area (Å²) in [6, 6.07) is 5.83. The molecule has 1 N–H and O–H groups in total. The van der Waals surface area contributed by atoms with E-state index in [9.17, 15) is 18.0 Å². The van der Waals surface area contributed by atoms with Gasteiger partial charge in [0, 0.05) is 50.1 Å². The van der Waals surface area contributed by atoms with Crippen LogP contribution in [0.5, 0.6) is 0 Å². The van der Waals surface area contributed by atoms with Crippen molar-refractivity contribution in [1.82, 2.24) is 20.4 Å². The number of amides is 2. The molecule has 1 aliphatic heterocycles. The van der Waals surface area contributed by atoms with Gasteiger partial charge >= 0.3 is 6.03 Å². The van der Waals surface area contributed by atoms with E-state index in [2.05, 4.69) is 20.4 Å². The summed E-state index contributed by atoms with van der Waals surface area (Å²) in [7, 11) is 0. The molecule has 2 aliphatic rings. The van der Waals surface area contributed by atoms with Crippen LogP contribution in [0.1, 0.15) is 43.7 Å². The van der Waals surface area contributed by atoms with E-state index < -0.39 is 5.92 Å². The van der Waals surface area contributed by atoms with Gasteiger partial charge in [-0.2, -0.15) is 0 Å². The summed E-state index contributed by atoms with van der Waals surface area (Å²) in [5.41, 5.74) is 3.51. The van der Waals surface area contributed by atoms with Gasteiger partial charge < -0.3 is 15.1 Å². The van der Waals surface area contributed by atoms with Gasteiger partial charge in [0.1, 0.15) is 5.82 Å². The Morgan fingerprint density at radius 1 is 1.06 bits per heavy atom. The Bertz CT molecular complexity index is 1010.